The number of hydrogen-bond donors (Lipinski definition) is 1. The molecule has 0 aliphatic rings. The van der Waals surface area contributed by atoms with Gasteiger partial charge < -0.3 is 5.32 Å². The van der Waals surface area contributed by atoms with Gasteiger partial charge in [0.1, 0.15) is 0 Å². The average molecular weight is 395 g/mol. The Morgan fingerprint density at radius 3 is 2.38 bits per heavy atom. The smallest absolute Gasteiger partial charge is 0.232 e. The van der Waals surface area contributed by atoms with Crippen LogP contribution in [0.25, 0.3) is 0 Å². The summed E-state index contributed by atoms with van der Waals surface area (Å²) in [7, 11) is -3.49. The van der Waals surface area contributed by atoms with Crippen molar-refractivity contribution in [2.45, 2.75) is 26.7 Å². The van der Waals surface area contributed by atoms with Crippen LogP contribution in [-0.2, 0) is 21.2 Å². The largest absolute Gasteiger partial charge is 0.326 e. The number of rotatable bonds is 7. The van der Waals surface area contributed by atoms with Crippen LogP contribution in [0.15, 0.2) is 42.5 Å². The first-order chi connectivity index (χ1) is 12.2. The molecule has 0 fully saturated rings. The monoisotopic (exact) mass is 394 g/mol. The molecule has 1 amide bonds. The van der Waals surface area contributed by atoms with Crippen molar-refractivity contribution in [3.05, 3.63) is 58.6 Å². The number of amides is 1. The number of carbonyl (C=O) groups excluding carboxylic acids is 1. The Morgan fingerprint density at radius 1 is 1.15 bits per heavy atom. The molecule has 0 atom stereocenters. The van der Waals surface area contributed by atoms with Gasteiger partial charge in [-0.15, -0.1) is 0 Å². The van der Waals surface area contributed by atoms with Crippen LogP contribution < -0.4 is 9.62 Å². The second-order valence-electron chi connectivity index (χ2n) is 6.11. The number of hydrogen-bond acceptors (Lipinski definition) is 3. The second kappa shape index (κ2) is 8.56. The highest BCUT2D eigenvalue weighted by Gasteiger charge is 2.19. The van der Waals surface area contributed by atoms with E-state index in [2.05, 4.69) is 5.32 Å². The molecule has 0 aliphatic carbocycles. The molecular weight excluding hydrogens is 372 g/mol. The third kappa shape index (κ3) is 5.47. The molecule has 1 N–H and O–H groups in total. The quantitative estimate of drug-likeness (QED) is 0.771. The van der Waals surface area contributed by atoms with Gasteiger partial charge in [0.25, 0.3) is 0 Å². The fraction of sp³-hybridized carbons (Fsp3) is 0.316. The molecule has 0 aromatic heterocycles. The van der Waals surface area contributed by atoms with Gasteiger partial charge in [-0.1, -0.05) is 36.7 Å². The Hall–Kier alpha value is -2.05. The van der Waals surface area contributed by atoms with Gasteiger partial charge in [-0.05, 0) is 48.7 Å². The van der Waals surface area contributed by atoms with E-state index >= 15 is 0 Å². The van der Waals surface area contributed by atoms with E-state index in [0.29, 0.717) is 16.4 Å². The Bertz CT molecular complexity index is 880. The summed E-state index contributed by atoms with van der Waals surface area (Å²) in [5.74, 6) is -0.269. The number of halogens is 1. The molecule has 0 radical (unpaired) electrons. The van der Waals surface area contributed by atoms with Gasteiger partial charge >= 0.3 is 0 Å². The van der Waals surface area contributed by atoms with Gasteiger partial charge in [-0.25, -0.2) is 8.42 Å². The van der Waals surface area contributed by atoms with Crippen LogP contribution in [0.5, 0.6) is 0 Å². The fourth-order valence-corrected chi connectivity index (χ4v) is 3.63. The normalized spacial score (nSPS) is 11.2. The van der Waals surface area contributed by atoms with E-state index in [1.807, 2.05) is 32.0 Å². The van der Waals surface area contributed by atoms with Gasteiger partial charge in [0.2, 0.25) is 15.9 Å². The molecule has 26 heavy (non-hydrogen) atoms. The first-order valence-corrected chi connectivity index (χ1v) is 10.6. The van der Waals surface area contributed by atoms with Crippen LogP contribution in [0.4, 0.5) is 11.4 Å². The van der Waals surface area contributed by atoms with Crippen LogP contribution in [0.3, 0.4) is 0 Å². The van der Waals surface area contributed by atoms with Gasteiger partial charge in [-0.3, -0.25) is 9.10 Å². The molecule has 0 bridgehead atoms. The molecule has 0 aliphatic heterocycles. The molecule has 140 valence electrons. The van der Waals surface area contributed by atoms with Crippen molar-refractivity contribution in [3.8, 4) is 0 Å². The Kier molecular flexibility index (Phi) is 6.67. The molecular formula is C19H23ClN2O3S. The van der Waals surface area contributed by atoms with Crippen molar-refractivity contribution in [1.82, 2.24) is 0 Å². The maximum atomic E-state index is 12.3. The van der Waals surface area contributed by atoms with Crippen LogP contribution >= 0.6 is 11.6 Å². The molecule has 0 heterocycles. The summed E-state index contributed by atoms with van der Waals surface area (Å²) >= 11 is 5.95. The van der Waals surface area contributed by atoms with E-state index < -0.39 is 10.0 Å². The van der Waals surface area contributed by atoms with Crippen molar-refractivity contribution >= 4 is 38.9 Å². The number of nitrogens with zero attached hydrogens (tertiary/aromatic N) is 1. The van der Waals surface area contributed by atoms with E-state index in [9.17, 15) is 13.2 Å². The maximum Gasteiger partial charge on any atom is 0.232 e. The summed E-state index contributed by atoms with van der Waals surface area (Å²) in [5.41, 5.74) is 3.19. The van der Waals surface area contributed by atoms with Crippen LogP contribution in [0, 0.1) is 6.92 Å². The SMILES string of the molecule is CCc1ccc(N(CCC(=O)Nc2cc(Cl)ccc2C)S(C)(=O)=O)cc1. The van der Waals surface area contributed by atoms with Crippen molar-refractivity contribution in [2.24, 2.45) is 0 Å². The lowest BCUT2D eigenvalue weighted by Gasteiger charge is -2.22. The maximum absolute atomic E-state index is 12.3. The zero-order valence-electron chi connectivity index (χ0n) is 15.1. The van der Waals surface area contributed by atoms with Gasteiger partial charge in [-0.2, -0.15) is 0 Å². The van der Waals surface area contributed by atoms with E-state index in [1.54, 1.807) is 24.3 Å². The number of aryl methyl sites for hydroxylation is 2. The topological polar surface area (TPSA) is 66.5 Å². The Morgan fingerprint density at radius 2 is 1.81 bits per heavy atom. The summed E-state index contributed by atoms with van der Waals surface area (Å²) in [4.78, 5) is 12.3. The van der Waals surface area contributed by atoms with Gasteiger partial charge in [0.05, 0.1) is 11.9 Å². The summed E-state index contributed by atoms with van der Waals surface area (Å²) in [6.45, 7) is 3.96. The molecule has 5 nitrogen and oxygen atoms in total. The minimum absolute atomic E-state index is 0.0363. The molecule has 0 unspecified atom stereocenters. The van der Waals surface area contributed by atoms with Gasteiger partial charge in [0, 0.05) is 23.7 Å². The van der Waals surface area contributed by atoms with Gasteiger partial charge in [0.15, 0.2) is 0 Å². The Balaban J connectivity index is 2.09. The molecule has 0 saturated carbocycles. The summed E-state index contributed by atoms with van der Waals surface area (Å²) in [5, 5.41) is 3.31. The lowest BCUT2D eigenvalue weighted by atomic mass is 10.1. The third-order valence-electron chi connectivity index (χ3n) is 4.05. The zero-order chi connectivity index (χ0) is 19.3. The van der Waals surface area contributed by atoms with Crippen LogP contribution in [0.1, 0.15) is 24.5 Å². The number of nitrogens with one attached hydrogen (secondary N) is 1. The van der Waals surface area contributed by atoms with Crippen LogP contribution in [-0.4, -0.2) is 27.1 Å². The van der Waals surface area contributed by atoms with Crippen LogP contribution in [0.2, 0.25) is 5.02 Å². The second-order valence-corrected chi connectivity index (χ2v) is 8.46. The average Bonchev–Trinajstić information content (AvgIpc) is 2.57. The molecule has 7 heteroatoms. The van der Waals surface area contributed by atoms with Crippen molar-refractivity contribution < 1.29 is 13.2 Å². The third-order valence-corrected chi connectivity index (χ3v) is 5.48. The summed E-state index contributed by atoms with van der Waals surface area (Å²) in [6, 6.07) is 12.5. The number of benzene rings is 2. The predicted molar refractivity (Wildman–Crippen MR) is 107 cm³/mol. The predicted octanol–water partition coefficient (Wildman–Crippen LogP) is 4.01. The minimum Gasteiger partial charge on any atom is -0.326 e. The van der Waals surface area contributed by atoms with E-state index in [1.165, 1.54) is 4.31 Å². The molecule has 0 spiro atoms. The fourth-order valence-electron chi connectivity index (χ4n) is 2.53. The highest BCUT2D eigenvalue weighted by Crippen LogP contribution is 2.21. The molecule has 2 aromatic rings. The standard InChI is InChI=1S/C19H23ClN2O3S/c1-4-15-6-9-17(10-7-15)22(26(3,24)25)12-11-19(23)21-18-13-16(20)8-5-14(18)2/h5-10,13H,4,11-12H2,1-3H3,(H,21,23). The van der Waals surface area contributed by atoms with Crippen molar-refractivity contribution in [1.29, 1.82) is 0 Å². The molecule has 2 aromatic carbocycles. The molecule has 0 saturated heterocycles. The van der Waals surface area contributed by atoms with E-state index in [4.69, 9.17) is 11.6 Å². The first kappa shape index (κ1) is 20.3. The zero-order valence-corrected chi connectivity index (χ0v) is 16.7. The number of sulfonamides is 1. The van der Waals surface area contributed by atoms with Crippen molar-refractivity contribution in [2.75, 3.05) is 22.4 Å². The molecule has 2 rings (SSSR count). The lowest BCUT2D eigenvalue weighted by Crippen LogP contribution is -2.33. The van der Waals surface area contributed by atoms with E-state index in [0.717, 1.165) is 23.8 Å². The highest BCUT2D eigenvalue weighted by atomic mass is 35.5. The number of carbonyl (C=O) groups is 1. The Labute approximate surface area is 160 Å². The first-order valence-electron chi connectivity index (χ1n) is 8.33. The summed E-state index contributed by atoms with van der Waals surface area (Å²) < 4.78 is 25.5. The minimum atomic E-state index is -3.49. The summed E-state index contributed by atoms with van der Waals surface area (Å²) in [6.07, 6.45) is 2.05. The highest BCUT2D eigenvalue weighted by molar-refractivity contribution is 7.92. The van der Waals surface area contributed by atoms with E-state index in [-0.39, 0.29) is 18.9 Å². The lowest BCUT2D eigenvalue weighted by molar-refractivity contribution is -0.116. The number of anilines is 2. The van der Waals surface area contributed by atoms with Crippen molar-refractivity contribution in [3.63, 3.8) is 0 Å².